The molecule has 0 unspecified atom stereocenters. The van der Waals surface area contributed by atoms with Gasteiger partial charge >= 0.3 is 0 Å². The molecule has 5 heteroatoms. The van der Waals surface area contributed by atoms with Gasteiger partial charge in [-0.1, -0.05) is 48.5 Å². The maximum atomic E-state index is 13.0. The van der Waals surface area contributed by atoms with Crippen molar-refractivity contribution >= 4 is 5.91 Å². The second kappa shape index (κ2) is 6.71. The molecule has 0 atom stereocenters. The molecule has 29 heavy (non-hydrogen) atoms. The summed E-state index contributed by atoms with van der Waals surface area (Å²) in [6, 6.07) is 20.3. The third-order valence-corrected chi connectivity index (χ3v) is 5.38. The molecular formula is C24H20N4O. The maximum absolute atomic E-state index is 13.0. The van der Waals surface area contributed by atoms with Gasteiger partial charge in [0.1, 0.15) is 0 Å². The number of aromatic nitrogens is 3. The van der Waals surface area contributed by atoms with Crippen molar-refractivity contribution in [2.75, 3.05) is 7.05 Å². The molecule has 0 radical (unpaired) electrons. The van der Waals surface area contributed by atoms with Crippen LogP contribution in [-0.4, -0.2) is 32.4 Å². The van der Waals surface area contributed by atoms with Gasteiger partial charge in [0.15, 0.2) is 0 Å². The zero-order chi connectivity index (χ0) is 20.0. The van der Waals surface area contributed by atoms with Crippen LogP contribution < -0.4 is 0 Å². The highest BCUT2D eigenvalue weighted by molar-refractivity contribution is 5.93. The largest absolute Gasteiger partial charge is 0.335 e. The van der Waals surface area contributed by atoms with E-state index in [-0.39, 0.29) is 5.91 Å². The monoisotopic (exact) mass is 380 g/mol. The number of pyridine rings is 1. The van der Waals surface area contributed by atoms with Crippen LogP contribution in [-0.2, 0) is 6.54 Å². The van der Waals surface area contributed by atoms with E-state index in [1.165, 1.54) is 0 Å². The van der Waals surface area contributed by atoms with Crippen molar-refractivity contribution in [1.82, 2.24) is 19.4 Å². The van der Waals surface area contributed by atoms with E-state index in [4.69, 9.17) is 4.98 Å². The molecule has 2 aromatic heterocycles. The first-order chi connectivity index (χ1) is 14.1. The van der Waals surface area contributed by atoms with Crippen LogP contribution in [0, 0.1) is 6.92 Å². The number of hydrogen-bond acceptors (Lipinski definition) is 3. The first-order valence-electron chi connectivity index (χ1n) is 9.57. The molecule has 1 aliphatic heterocycles. The molecule has 0 bridgehead atoms. The molecule has 2 aromatic carbocycles. The van der Waals surface area contributed by atoms with Crippen molar-refractivity contribution in [1.29, 1.82) is 0 Å². The summed E-state index contributed by atoms with van der Waals surface area (Å²) in [7, 11) is 1.82. The van der Waals surface area contributed by atoms with Crippen LogP contribution in [0.15, 0.2) is 73.1 Å². The Kier molecular flexibility index (Phi) is 4.02. The van der Waals surface area contributed by atoms with Crippen molar-refractivity contribution in [2.24, 2.45) is 0 Å². The number of amides is 1. The van der Waals surface area contributed by atoms with E-state index in [2.05, 4.69) is 29.2 Å². The summed E-state index contributed by atoms with van der Waals surface area (Å²) in [6.07, 6.45) is 3.76. The lowest BCUT2D eigenvalue weighted by atomic mass is 10.0. The molecule has 0 saturated heterocycles. The van der Waals surface area contributed by atoms with Gasteiger partial charge in [-0.25, -0.2) is 4.98 Å². The number of carbonyl (C=O) groups excluding carboxylic acids is 1. The van der Waals surface area contributed by atoms with Crippen LogP contribution >= 0.6 is 0 Å². The summed E-state index contributed by atoms with van der Waals surface area (Å²) < 4.78 is 1.93. The lowest BCUT2D eigenvalue weighted by Crippen LogP contribution is -2.26. The van der Waals surface area contributed by atoms with Crippen molar-refractivity contribution < 1.29 is 4.79 Å². The lowest BCUT2D eigenvalue weighted by Gasteiger charge is -2.15. The summed E-state index contributed by atoms with van der Waals surface area (Å²) in [6.45, 7) is 2.55. The predicted molar refractivity (Wildman–Crippen MR) is 113 cm³/mol. The average Bonchev–Trinajstić information content (AvgIpc) is 3.16. The molecule has 3 heterocycles. The van der Waals surface area contributed by atoms with Gasteiger partial charge in [0.2, 0.25) is 5.82 Å². The summed E-state index contributed by atoms with van der Waals surface area (Å²) in [5, 5.41) is 0. The third-order valence-electron chi connectivity index (χ3n) is 5.38. The number of nitrogens with zero attached hydrogens (tertiary/aromatic N) is 4. The van der Waals surface area contributed by atoms with Gasteiger partial charge in [-0.3, -0.25) is 14.3 Å². The molecule has 142 valence electrons. The van der Waals surface area contributed by atoms with Crippen molar-refractivity contribution in [3.05, 3.63) is 90.1 Å². The van der Waals surface area contributed by atoms with E-state index in [1.807, 2.05) is 61.1 Å². The first-order valence-corrected chi connectivity index (χ1v) is 9.57. The lowest BCUT2D eigenvalue weighted by molar-refractivity contribution is 0.0776. The van der Waals surface area contributed by atoms with E-state index in [1.54, 1.807) is 11.1 Å². The van der Waals surface area contributed by atoms with Crippen LogP contribution in [0.2, 0.25) is 0 Å². The number of fused-ring (bicyclic) bond motifs is 3. The fourth-order valence-corrected chi connectivity index (χ4v) is 3.84. The molecule has 5 nitrogen and oxygen atoms in total. The van der Waals surface area contributed by atoms with E-state index < -0.39 is 0 Å². The Hall–Kier alpha value is -3.73. The Balaban J connectivity index is 1.72. The highest BCUT2D eigenvalue weighted by Crippen LogP contribution is 2.31. The Bertz CT molecular complexity index is 1230. The quantitative estimate of drug-likeness (QED) is 0.515. The van der Waals surface area contributed by atoms with E-state index in [9.17, 15) is 4.79 Å². The molecule has 0 spiro atoms. The van der Waals surface area contributed by atoms with Gasteiger partial charge in [0, 0.05) is 42.8 Å². The number of carbonyl (C=O) groups is 1. The number of hydrogen-bond donors (Lipinski definition) is 0. The Morgan fingerprint density at radius 3 is 2.59 bits per heavy atom. The Morgan fingerprint density at radius 2 is 1.79 bits per heavy atom. The maximum Gasteiger partial charge on any atom is 0.290 e. The molecule has 0 fully saturated rings. The zero-order valence-corrected chi connectivity index (χ0v) is 16.3. The van der Waals surface area contributed by atoms with Crippen molar-refractivity contribution in [2.45, 2.75) is 13.5 Å². The molecule has 0 aliphatic carbocycles. The second-order valence-corrected chi connectivity index (χ2v) is 7.33. The highest BCUT2D eigenvalue weighted by atomic mass is 16.2. The van der Waals surface area contributed by atoms with Gasteiger partial charge < -0.3 is 4.90 Å². The predicted octanol–water partition coefficient (Wildman–Crippen LogP) is 4.50. The molecular weight excluding hydrogens is 360 g/mol. The fourth-order valence-electron chi connectivity index (χ4n) is 3.84. The molecule has 1 amide bonds. The third kappa shape index (κ3) is 2.91. The SMILES string of the molecule is Cc1ncccc1-c1ccc2c(c1)-n1cc(-c3ccccc3)nc1C(=O)N(C)C2. The first kappa shape index (κ1) is 17.4. The van der Waals surface area contributed by atoms with E-state index >= 15 is 0 Å². The molecule has 0 saturated carbocycles. The Morgan fingerprint density at radius 1 is 0.966 bits per heavy atom. The fraction of sp³-hybridized carbons (Fsp3) is 0.125. The number of imidazole rings is 1. The van der Waals surface area contributed by atoms with Gasteiger partial charge in [0.05, 0.1) is 11.4 Å². The van der Waals surface area contributed by atoms with Gasteiger partial charge in [-0.15, -0.1) is 0 Å². The molecule has 0 N–H and O–H groups in total. The minimum atomic E-state index is -0.0810. The van der Waals surface area contributed by atoms with Crippen LogP contribution in [0.25, 0.3) is 28.1 Å². The molecule has 5 rings (SSSR count). The van der Waals surface area contributed by atoms with Crippen LogP contribution in [0.3, 0.4) is 0 Å². The normalized spacial score (nSPS) is 13.0. The van der Waals surface area contributed by atoms with E-state index in [0.717, 1.165) is 39.3 Å². The highest BCUT2D eigenvalue weighted by Gasteiger charge is 2.27. The Labute approximate surface area is 169 Å². The number of rotatable bonds is 2. The molecule has 4 aromatic rings. The van der Waals surface area contributed by atoms with Gasteiger partial charge in [-0.2, -0.15) is 0 Å². The standard InChI is InChI=1S/C24H20N4O/c1-16-20(9-6-12-25-16)18-10-11-19-14-27(2)24(29)23-26-21(15-28(23)22(19)13-18)17-7-4-3-5-8-17/h3-13,15H,14H2,1-2H3. The van der Waals surface area contributed by atoms with Crippen molar-refractivity contribution in [3.8, 4) is 28.1 Å². The van der Waals surface area contributed by atoms with Gasteiger partial charge in [-0.05, 0) is 30.2 Å². The average molecular weight is 380 g/mol. The topological polar surface area (TPSA) is 51.0 Å². The number of aryl methyl sites for hydroxylation is 1. The summed E-state index contributed by atoms with van der Waals surface area (Å²) in [5.74, 6) is 0.354. The molecule has 1 aliphatic rings. The summed E-state index contributed by atoms with van der Waals surface area (Å²) in [5.41, 5.74) is 6.99. The van der Waals surface area contributed by atoms with Crippen LogP contribution in [0.4, 0.5) is 0 Å². The number of benzene rings is 2. The van der Waals surface area contributed by atoms with Gasteiger partial charge in [0.25, 0.3) is 5.91 Å². The van der Waals surface area contributed by atoms with Crippen LogP contribution in [0.5, 0.6) is 0 Å². The zero-order valence-electron chi connectivity index (χ0n) is 16.3. The van der Waals surface area contributed by atoms with E-state index in [0.29, 0.717) is 12.4 Å². The summed E-state index contributed by atoms with van der Waals surface area (Å²) >= 11 is 0. The smallest absolute Gasteiger partial charge is 0.290 e. The minimum Gasteiger partial charge on any atom is -0.335 e. The second-order valence-electron chi connectivity index (χ2n) is 7.33. The van der Waals surface area contributed by atoms with Crippen LogP contribution in [0.1, 0.15) is 21.9 Å². The van der Waals surface area contributed by atoms with Crippen molar-refractivity contribution in [3.63, 3.8) is 0 Å². The summed E-state index contributed by atoms with van der Waals surface area (Å²) in [4.78, 5) is 23.8. The minimum absolute atomic E-state index is 0.0810.